The number of rotatable bonds is 5. The number of nitrogens with one attached hydrogen (secondary N) is 1. The monoisotopic (exact) mass is 257 g/mol. The van der Waals surface area contributed by atoms with Crippen LogP contribution in [0.1, 0.15) is 23.1 Å². The molecule has 0 aromatic carbocycles. The van der Waals surface area contributed by atoms with Crippen molar-refractivity contribution in [2.75, 3.05) is 18.1 Å². The molecule has 0 saturated carbocycles. The molecule has 0 bridgehead atoms. The largest absolute Gasteiger partial charge is 0.477 e. The summed E-state index contributed by atoms with van der Waals surface area (Å²) in [5.41, 5.74) is 0.524. The van der Waals surface area contributed by atoms with Crippen LogP contribution in [0.4, 0.5) is 5.95 Å². The molecule has 2 N–H and O–H groups in total. The third-order valence-electron chi connectivity index (χ3n) is 2.19. The highest BCUT2D eigenvalue weighted by Crippen LogP contribution is 2.05. The number of carboxylic acids is 1. The van der Waals surface area contributed by atoms with Gasteiger partial charge in [-0.15, -0.1) is 0 Å². The van der Waals surface area contributed by atoms with Crippen molar-refractivity contribution in [1.82, 2.24) is 9.97 Å². The number of aromatic nitrogens is 2. The second-order valence-corrected chi connectivity index (χ2v) is 5.52. The first-order valence-corrected chi connectivity index (χ1v) is 6.67. The number of aryl methyl sites for hydroxylation is 1. The standard InChI is InChI=1S/C10H15N3O3S/c1-6-4-8(9(14)15)13-10(12-6)11-5-7(2)17(3)16/h4,7H,5H2,1-3H3,(H,14,15)(H,11,12,13). The Morgan fingerprint density at radius 3 is 2.76 bits per heavy atom. The molecular weight excluding hydrogens is 242 g/mol. The summed E-state index contributed by atoms with van der Waals surface area (Å²) < 4.78 is 11.1. The quantitative estimate of drug-likeness (QED) is 0.805. The Labute approximate surface area is 102 Å². The zero-order chi connectivity index (χ0) is 13.0. The van der Waals surface area contributed by atoms with Gasteiger partial charge in [0.2, 0.25) is 5.95 Å². The lowest BCUT2D eigenvalue weighted by Gasteiger charge is -2.10. The van der Waals surface area contributed by atoms with Gasteiger partial charge in [0.15, 0.2) is 5.69 Å². The fourth-order valence-electron chi connectivity index (χ4n) is 1.11. The molecule has 1 aromatic rings. The molecule has 7 heteroatoms. The number of nitrogens with zero attached hydrogens (tertiary/aromatic N) is 2. The summed E-state index contributed by atoms with van der Waals surface area (Å²) in [4.78, 5) is 18.7. The van der Waals surface area contributed by atoms with E-state index < -0.39 is 16.8 Å². The normalized spacial score (nSPS) is 14.1. The van der Waals surface area contributed by atoms with E-state index in [4.69, 9.17) is 5.11 Å². The van der Waals surface area contributed by atoms with Gasteiger partial charge in [0.05, 0.1) is 0 Å². The Morgan fingerprint density at radius 1 is 1.59 bits per heavy atom. The van der Waals surface area contributed by atoms with E-state index in [9.17, 15) is 9.00 Å². The summed E-state index contributed by atoms with van der Waals surface area (Å²) in [6.45, 7) is 3.96. The van der Waals surface area contributed by atoms with E-state index in [0.717, 1.165) is 0 Å². The van der Waals surface area contributed by atoms with Crippen molar-refractivity contribution >= 4 is 22.7 Å². The van der Waals surface area contributed by atoms with Crippen molar-refractivity contribution in [1.29, 1.82) is 0 Å². The SMILES string of the molecule is Cc1cc(C(=O)O)nc(NCC(C)S(C)=O)n1. The second-order valence-electron chi connectivity index (χ2n) is 3.71. The van der Waals surface area contributed by atoms with Crippen molar-refractivity contribution in [2.45, 2.75) is 19.1 Å². The summed E-state index contributed by atoms with van der Waals surface area (Å²) >= 11 is 0. The van der Waals surface area contributed by atoms with Gasteiger partial charge < -0.3 is 10.4 Å². The summed E-state index contributed by atoms with van der Waals surface area (Å²) in [7, 11) is -0.938. The van der Waals surface area contributed by atoms with Crippen molar-refractivity contribution in [3.05, 3.63) is 17.5 Å². The Hall–Kier alpha value is -1.50. The van der Waals surface area contributed by atoms with Crippen LogP contribution in [0.3, 0.4) is 0 Å². The smallest absolute Gasteiger partial charge is 0.354 e. The van der Waals surface area contributed by atoms with Crippen LogP contribution in [0.15, 0.2) is 6.07 Å². The molecule has 0 saturated heterocycles. The highest BCUT2D eigenvalue weighted by Gasteiger charge is 2.10. The van der Waals surface area contributed by atoms with E-state index in [1.54, 1.807) is 13.2 Å². The molecule has 0 aliphatic carbocycles. The minimum absolute atomic E-state index is 0.0487. The van der Waals surface area contributed by atoms with Gasteiger partial charge in [-0.1, -0.05) is 0 Å². The molecule has 2 unspecified atom stereocenters. The fraction of sp³-hybridized carbons (Fsp3) is 0.500. The maximum atomic E-state index is 11.1. The van der Waals surface area contributed by atoms with Gasteiger partial charge in [-0.2, -0.15) is 0 Å². The highest BCUT2D eigenvalue weighted by molar-refractivity contribution is 7.84. The Balaban J connectivity index is 2.78. The molecule has 0 amide bonds. The minimum atomic E-state index is -1.09. The average Bonchev–Trinajstić information content (AvgIpc) is 2.24. The molecule has 6 nitrogen and oxygen atoms in total. The second kappa shape index (κ2) is 5.72. The molecule has 0 aliphatic rings. The number of carbonyl (C=O) groups is 1. The zero-order valence-electron chi connectivity index (χ0n) is 9.93. The van der Waals surface area contributed by atoms with Crippen molar-refractivity contribution in [2.24, 2.45) is 0 Å². The molecule has 0 radical (unpaired) electrons. The number of anilines is 1. The predicted octanol–water partition coefficient (Wildman–Crippen LogP) is 0.662. The number of carboxylic acid groups (broad SMARTS) is 1. The van der Waals surface area contributed by atoms with Gasteiger partial charge in [-0.25, -0.2) is 14.8 Å². The Kier molecular flexibility index (Phi) is 4.56. The van der Waals surface area contributed by atoms with E-state index in [0.29, 0.717) is 12.2 Å². The topological polar surface area (TPSA) is 92.2 Å². The first-order valence-electron chi connectivity index (χ1n) is 5.05. The van der Waals surface area contributed by atoms with Gasteiger partial charge >= 0.3 is 5.97 Å². The summed E-state index contributed by atoms with van der Waals surface area (Å²) in [5, 5.41) is 11.7. The van der Waals surface area contributed by atoms with Gasteiger partial charge in [0.1, 0.15) is 0 Å². The van der Waals surface area contributed by atoms with Crippen LogP contribution in [-0.4, -0.2) is 43.3 Å². The molecule has 0 fully saturated rings. The van der Waals surface area contributed by atoms with E-state index in [1.807, 2.05) is 6.92 Å². The lowest BCUT2D eigenvalue weighted by molar-refractivity contribution is 0.0690. The number of aromatic carboxylic acids is 1. The van der Waals surface area contributed by atoms with Crippen LogP contribution in [0.2, 0.25) is 0 Å². The molecule has 1 rings (SSSR count). The Morgan fingerprint density at radius 2 is 2.24 bits per heavy atom. The lowest BCUT2D eigenvalue weighted by atomic mass is 10.3. The van der Waals surface area contributed by atoms with E-state index in [1.165, 1.54) is 6.07 Å². The Bertz CT molecular complexity index is 450. The first kappa shape index (κ1) is 13.6. The van der Waals surface area contributed by atoms with E-state index in [-0.39, 0.29) is 16.9 Å². The van der Waals surface area contributed by atoms with Gasteiger partial charge in [-0.3, -0.25) is 4.21 Å². The maximum absolute atomic E-state index is 11.1. The third kappa shape index (κ3) is 4.10. The van der Waals surface area contributed by atoms with Gasteiger partial charge in [0.25, 0.3) is 0 Å². The summed E-state index contributed by atoms with van der Waals surface area (Å²) in [5.74, 6) is -0.842. The lowest BCUT2D eigenvalue weighted by Crippen LogP contribution is -2.22. The number of hydrogen-bond acceptors (Lipinski definition) is 5. The minimum Gasteiger partial charge on any atom is -0.477 e. The van der Waals surface area contributed by atoms with Crippen LogP contribution in [-0.2, 0) is 10.8 Å². The highest BCUT2D eigenvalue weighted by atomic mass is 32.2. The first-order chi connectivity index (χ1) is 7.90. The van der Waals surface area contributed by atoms with Crippen molar-refractivity contribution < 1.29 is 14.1 Å². The molecular formula is C10H15N3O3S. The van der Waals surface area contributed by atoms with Crippen LogP contribution in [0.5, 0.6) is 0 Å². The third-order valence-corrected chi connectivity index (χ3v) is 3.49. The van der Waals surface area contributed by atoms with Crippen molar-refractivity contribution in [3.63, 3.8) is 0 Å². The predicted molar refractivity (Wildman–Crippen MR) is 65.7 cm³/mol. The van der Waals surface area contributed by atoms with Crippen molar-refractivity contribution in [3.8, 4) is 0 Å². The molecule has 0 aliphatic heterocycles. The van der Waals surface area contributed by atoms with Crippen LogP contribution >= 0.6 is 0 Å². The van der Waals surface area contributed by atoms with E-state index in [2.05, 4.69) is 15.3 Å². The summed E-state index contributed by atoms with van der Waals surface area (Å²) in [6, 6.07) is 1.40. The van der Waals surface area contributed by atoms with Crippen LogP contribution < -0.4 is 5.32 Å². The average molecular weight is 257 g/mol. The molecule has 94 valence electrons. The van der Waals surface area contributed by atoms with Crippen LogP contribution in [0.25, 0.3) is 0 Å². The molecule has 1 aromatic heterocycles. The zero-order valence-corrected chi connectivity index (χ0v) is 10.7. The van der Waals surface area contributed by atoms with Gasteiger partial charge in [0, 0.05) is 34.5 Å². The molecule has 2 atom stereocenters. The number of hydrogen-bond donors (Lipinski definition) is 2. The molecule has 17 heavy (non-hydrogen) atoms. The van der Waals surface area contributed by atoms with Crippen LogP contribution in [0, 0.1) is 6.92 Å². The van der Waals surface area contributed by atoms with E-state index >= 15 is 0 Å². The van der Waals surface area contributed by atoms with Gasteiger partial charge in [-0.05, 0) is 19.9 Å². The molecule has 1 heterocycles. The fourth-order valence-corrected chi connectivity index (χ4v) is 1.43. The molecule has 0 spiro atoms. The maximum Gasteiger partial charge on any atom is 0.354 e. The summed E-state index contributed by atoms with van der Waals surface area (Å²) in [6.07, 6.45) is 1.62.